The van der Waals surface area contributed by atoms with E-state index < -0.39 is 0 Å². The molecular formula is H2CoLi2MnO. The van der Waals surface area contributed by atoms with Gasteiger partial charge in [-0.1, -0.05) is 0 Å². The quantitative estimate of drug-likeness (QED) is 0.311. The van der Waals surface area contributed by atoms with Gasteiger partial charge >= 0.3 is 57.5 Å². The maximum atomic E-state index is 8.06. The van der Waals surface area contributed by atoms with Crippen LogP contribution in [0.25, 0.3) is 0 Å². The summed E-state index contributed by atoms with van der Waals surface area (Å²) in [7, 11) is 0. The average molecular weight is 146 g/mol. The molecule has 0 aliphatic carbocycles. The van der Waals surface area contributed by atoms with Gasteiger partial charge in [0, 0.05) is 16.8 Å². The first-order valence-electron chi connectivity index (χ1n) is 0.154. The molecule has 0 aromatic carbocycles. The summed E-state index contributed by atoms with van der Waals surface area (Å²) in [6.45, 7) is 0. The van der Waals surface area contributed by atoms with Crippen molar-refractivity contribution in [2.24, 2.45) is 0 Å². The van der Waals surface area contributed by atoms with E-state index in [2.05, 4.69) is 0 Å². The molecule has 5 heavy (non-hydrogen) atoms. The molecule has 0 saturated carbocycles. The van der Waals surface area contributed by atoms with Gasteiger partial charge in [-0.25, -0.2) is 0 Å². The molecular weight excluding hydrogens is 144 g/mol. The molecule has 0 saturated heterocycles. The minimum atomic E-state index is 0. The second-order valence-electron chi connectivity index (χ2n) is 0. The molecule has 0 spiro atoms. The summed E-state index contributed by atoms with van der Waals surface area (Å²) in [6, 6.07) is 0. The molecule has 0 unspecified atom stereocenters. The van der Waals surface area contributed by atoms with Gasteiger partial charge in [0.05, 0.1) is 0 Å². The van der Waals surface area contributed by atoms with Gasteiger partial charge in [0.1, 0.15) is 0 Å². The van der Waals surface area contributed by atoms with Crippen molar-refractivity contribution in [2.75, 3.05) is 0 Å². The Morgan fingerprint density at radius 1 is 1.20 bits per heavy atom. The molecule has 0 fully saturated rings. The monoisotopic (exact) mass is 146 g/mol. The fourth-order valence-corrected chi connectivity index (χ4v) is 0. The summed E-state index contributed by atoms with van der Waals surface area (Å²) in [6.07, 6.45) is 0. The standard InChI is InChI=1S/Co.2Li.Mn.O.2H/q;2*+1;;;2*-1. The third kappa shape index (κ3) is 23.8. The molecule has 26 valence electrons. The van der Waals surface area contributed by atoms with Crippen LogP contribution in [0.15, 0.2) is 0 Å². The van der Waals surface area contributed by atoms with Crippen LogP contribution in [0.2, 0.25) is 0 Å². The van der Waals surface area contributed by atoms with Crippen molar-refractivity contribution in [2.45, 2.75) is 0 Å². The molecule has 0 heterocycles. The van der Waals surface area contributed by atoms with Gasteiger partial charge < -0.3 is 2.85 Å². The Bertz CT molecular complexity index is 15.7. The normalized spacial score (nSPS) is 0.800. The Morgan fingerprint density at radius 3 is 1.20 bits per heavy atom. The Kier molecular flexibility index (Phi) is 207. The van der Waals surface area contributed by atoms with E-state index >= 15 is 0 Å². The average Bonchev–Trinajstić information content (AvgIpc) is 1.00. The zero-order valence-electron chi connectivity index (χ0n) is 5.12. The van der Waals surface area contributed by atoms with Crippen molar-refractivity contribution in [1.82, 2.24) is 0 Å². The Morgan fingerprint density at radius 2 is 1.20 bits per heavy atom. The Labute approximate surface area is 76.6 Å². The van der Waals surface area contributed by atoms with Crippen LogP contribution in [0.5, 0.6) is 0 Å². The van der Waals surface area contributed by atoms with E-state index in [-0.39, 0.29) is 57.4 Å². The van der Waals surface area contributed by atoms with E-state index in [0.717, 1.165) is 0 Å². The van der Waals surface area contributed by atoms with Crippen LogP contribution in [-0.4, -0.2) is 0 Å². The van der Waals surface area contributed by atoms with Gasteiger partial charge in [0.2, 0.25) is 0 Å². The second kappa shape index (κ2) is 37.2. The van der Waals surface area contributed by atoms with Crippen molar-refractivity contribution in [1.29, 1.82) is 0 Å². The van der Waals surface area contributed by atoms with E-state index in [1.807, 2.05) is 0 Å². The molecule has 0 aromatic rings. The van der Waals surface area contributed by atoms with Gasteiger partial charge in [0.25, 0.3) is 0 Å². The summed E-state index contributed by atoms with van der Waals surface area (Å²) in [5.41, 5.74) is 0. The predicted octanol–water partition coefficient (Wildman–Crippen LogP) is -5.89. The van der Waals surface area contributed by atoms with E-state index in [4.69, 9.17) is 3.83 Å². The van der Waals surface area contributed by atoms with Gasteiger partial charge in [-0.05, 0) is 0 Å². The van der Waals surface area contributed by atoms with Gasteiger partial charge in [-0.15, -0.1) is 0 Å². The van der Waals surface area contributed by atoms with Crippen molar-refractivity contribution >= 4 is 0 Å². The van der Waals surface area contributed by atoms with E-state index in [1.54, 1.807) is 15.9 Å². The number of hydrogen-bond acceptors (Lipinski definition) is 1. The first kappa shape index (κ1) is 27.9. The third-order valence-corrected chi connectivity index (χ3v) is 0. The van der Waals surface area contributed by atoms with Crippen LogP contribution in [0.4, 0.5) is 0 Å². The Balaban J connectivity index is -0.000000000500. The third-order valence-electron chi connectivity index (χ3n) is 0. The van der Waals surface area contributed by atoms with Crippen molar-refractivity contribution < 1.29 is 77.1 Å². The van der Waals surface area contributed by atoms with E-state index in [0.29, 0.717) is 0 Å². The van der Waals surface area contributed by atoms with Crippen LogP contribution in [0, 0.1) is 0 Å². The van der Waals surface area contributed by atoms with Gasteiger partial charge in [-0.2, -0.15) is 0 Å². The molecule has 0 atom stereocenters. The summed E-state index contributed by atoms with van der Waals surface area (Å²) in [5, 5.41) is 0. The van der Waals surface area contributed by atoms with Crippen LogP contribution >= 0.6 is 0 Å². The van der Waals surface area contributed by atoms with Crippen LogP contribution in [-0.2, 0) is 36.6 Å². The van der Waals surface area contributed by atoms with Crippen molar-refractivity contribution in [3.63, 3.8) is 0 Å². The second-order valence-corrected chi connectivity index (χ2v) is 0. The van der Waals surface area contributed by atoms with Crippen LogP contribution in [0.1, 0.15) is 2.85 Å². The Hall–Kier alpha value is 2.02. The first-order valence-corrected chi connectivity index (χ1v) is 0.636. The molecule has 0 bridgehead atoms. The number of rotatable bonds is 0. The first-order chi connectivity index (χ1) is 1.00. The molecule has 0 aliphatic heterocycles. The number of hydrogen-bond donors (Lipinski definition) is 0. The zero-order chi connectivity index (χ0) is 2.00. The summed E-state index contributed by atoms with van der Waals surface area (Å²) < 4.78 is 8.06. The summed E-state index contributed by atoms with van der Waals surface area (Å²) in [4.78, 5) is 0. The van der Waals surface area contributed by atoms with Crippen molar-refractivity contribution in [3.8, 4) is 0 Å². The molecule has 1 radical (unpaired) electrons. The molecule has 0 N–H and O–H groups in total. The fraction of sp³-hybridized carbons (Fsp3) is 0. The maximum absolute atomic E-state index is 8.06. The molecule has 0 aliphatic rings. The van der Waals surface area contributed by atoms with Crippen LogP contribution < -0.4 is 37.7 Å². The topological polar surface area (TPSA) is 17.1 Å². The molecule has 0 rings (SSSR count). The minimum absolute atomic E-state index is 0. The molecule has 0 aromatic heterocycles. The summed E-state index contributed by atoms with van der Waals surface area (Å²) >= 11 is 1.69. The SMILES string of the molecule is [Co].[H-].[H-].[Li+].[Li+].[O]=[Mn]. The van der Waals surface area contributed by atoms with E-state index in [1.165, 1.54) is 0 Å². The van der Waals surface area contributed by atoms with Gasteiger partial charge in [0.15, 0.2) is 0 Å². The van der Waals surface area contributed by atoms with Crippen LogP contribution in [0.3, 0.4) is 0 Å². The zero-order valence-corrected chi connectivity index (χ0v) is 5.34. The molecule has 5 heteroatoms. The molecule has 0 amide bonds. The molecule has 1 nitrogen and oxygen atoms in total. The summed E-state index contributed by atoms with van der Waals surface area (Å²) in [5.74, 6) is 0. The predicted molar refractivity (Wildman–Crippen MR) is 2.91 cm³/mol. The van der Waals surface area contributed by atoms with Crippen molar-refractivity contribution in [3.05, 3.63) is 0 Å². The van der Waals surface area contributed by atoms with Gasteiger partial charge in [-0.3, -0.25) is 0 Å². The fourth-order valence-electron chi connectivity index (χ4n) is 0. The van der Waals surface area contributed by atoms with E-state index in [9.17, 15) is 0 Å².